The highest BCUT2D eigenvalue weighted by Gasteiger charge is 2.26. The van der Waals surface area contributed by atoms with Gasteiger partial charge in [0, 0.05) is 6.07 Å². The maximum absolute atomic E-state index is 11.1. The molecule has 2 aliphatic rings. The third-order valence-electron chi connectivity index (χ3n) is 3.85. The highest BCUT2D eigenvalue weighted by Crippen LogP contribution is 2.42. The SMILES string of the molecule is COc1cc2c(cc1C=O)OC[C@H](c1ccc3c(c1)OCO3)O2. The maximum atomic E-state index is 11.1. The van der Waals surface area contributed by atoms with Crippen LogP contribution in [0.2, 0.25) is 0 Å². The van der Waals surface area contributed by atoms with Gasteiger partial charge in [-0.3, -0.25) is 4.79 Å². The number of carbonyl (C=O) groups excluding carboxylic acids is 1. The predicted octanol–water partition coefficient (Wildman–Crippen LogP) is 2.75. The molecule has 1 atom stereocenters. The molecule has 0 amide bonds. The molecule has 0 saturated carbocycles. The van der Waals surface area contributed by atoms with E-state index in [1.807, 2.05) is 18.2 Å². The van der Waals surface area contributed by atoms with Crippen molar-refractivity contribution in [2.24, 2.45) is 0 Å². The lowest BCUT2D eigenvalue weighted by atomic mass is 10.1. The Morgan fingerprint density at radius 1 is 1.04 bits per heavy atom. The van der Waals surface area contributed by atoms with E-state index in [-0.39, 0.29) is 12.9 Å². The molecule has 6 heteroatoms. The number of hydrogen-bond donors (Lipinski definition) is 0. The van der Waals surface area contributed by atoms with Crippen LogP contribution in [0.1, 0.15) is 22.0 Å². The highest BCUT2D eigenvalue weighted by molar-refractivity contribution is 5.81. The first-order valence-electron chi connectivity index (χ1n) is 7.14. The van der Waals surface area contributed by atoms with Crippen LogP contribution in [0, 0.1) is 0 Å². The van der Waals surface area contributed by atoms with Crippen LogP contribution in [-0.4, -0.2) is 26.8 Å². The van der Waals surface area contributed by atoms with Crippen molar-refractivity contribution in [1.82, 2.24) is 0 Å². The number of aldehydes is 1. The third-order valence-corrected chi connectivity index (χ3v) is 3.85. The van der Waals surface area contributed by atoms with Gasteiger partial charge in [0.05, 0.1) is 12.7 Å². The normalized spacial score (nSPS) is 17.7. The Labute approximate surface area is 132 Å². The Morgan fingerprint density at radius 3 is 2.70 bits per heavy atom. The molecule has 2 aliphatic heterocycles. The van der Waals surface area contributed by atoms with Gasteiger partial charge in [-0.1, -0.05) is 6.07 Å². The van der Waals surface area contributed by atoms with Crippen molar-refractivity contribution in [2.75, 3.05) is 20.5 Å². The Hall–Kier alpha value is -2.89. The van der Waals surface area contributed by atoms with Crippen molar-refractivity contribution < 1.29 is 28.5 Å². The van der Waals surface area contributed by atoms with Gasteiger partial charge in [-0.15, -0.1) is 0 Å². The van der Waals surface area contributed by atoms with E-state index in [9.17, 15) is 4.79 Å². The Morgan fingerprint density at radius 2 is 1.87 bits per heavy atom. The van der Waals surface area contributed by atoms with E-state index in [0.717, 1.165) is 17.6 Å². The van der Waals surface area contributed by atoms with E-state index in [1.165, 1.54) is 7.11 Å². The van der Waals surface area contributed by atoms with Gasteiger partial charge in [-0.25, -0.2) is 0 Å². The molecule has 4 rings (SSSR count). The molecule has 0 spiro atoms. The number of rotatable bonds is 3. The first-order valence-corrected chi connectivity index (χ1v) is 7.14. The van der Waals surface area contributed by atoms with Crippen LogP contribution in [0.3, 0.4) is 0 Å². The van der Waals surface area contributed by atoms with Gasteiger partial charge in [-0.2, -0.15) is 0 Å². The molecule has 118 valence electrons. The molecule has 2 heterocycles. The summed E-state index contributed by atoms with van der Waals surface area (Å²) in [6.07, 6.45) is 0.454. The van der Waals surface area contributed by atoms with Gasteiger partial charge in [0.25, 0.3) is 0 Å². The van der Waals surface area contributed by atoms with Crippen LogP contribution in [0.25, 0.3) is 0 Å². The second-order valence-corrected chi connectivity index (χ2v) is 5.19. The zero-order valence-electron chi connectivity index (χ0n) is 12.4. The van der Waals surface area contributed by atoms with Crippen molar-refractivity contribution in [1.29, 1.82) is 0 Å². The van der Waals surface area contributed by atoms with Crippen LogP contribution < -0.4 is 23.7 Å². The average Bonchev–Trinajstić information content (AvgIpc) is 3.07. The average molecular weight is 314 g/mol. The van der Waals surface area contributed by atoms with E-state index >= 15 is 0 Å². The minimum absolute atomic E-state index is 0.231. The van der Waals surface area contributed by atoms with Crippen molar-refractivity contribution in [2.45, 2.75) is 6.10 Å². The van der Waals surface area contributed by atoms with Crippen LogP contribution >= 0.6 is 0 Å². The molecule has 0 fully saturated rings. The van der Waals surface area contributed by atoms with E-state index in [4.69, 9.17) is 23.7 Å². The summed E-state index contributed by atoms with van der Waals surface area (Å²) < 4.78 is 27.6. The van der Waals surface area contributed by atoms with Crippen LogP contribution in [-0.2, 0) is 0 Å². The number of benzene rings is 2. The van der Waals surface area contributed by atoms with E-state index in [0.29, 0.717) is 35.2 Å². The molecule has 6 nitrogen and oxygen atoms in total. The second-order valence-electron chi connectivity index (χ2n) is 5.19. The zero-order valence-corrected chi connectivity index (χ0v) is 12.4. The third kappa shape index (κ3) is 2.32. The lowest BCUT2D eigenvalue weighted by Crippen LogP contribution is -2.21. The number of methoxy groups -OCH3 is 1. The topological polar surface area (TPSA) is 63.2 Å². The van der Waals surface area contributed by atoms with E-state index < -0.39 is 0 Å². The molecule has 0 aromatic heterocycles. The maximum Gasteiger partial charge on any atom is 0.231 e. The van der Waals surface area contributed by atoms with Gasteiger partial charge in [0.2, 0.25) is 6.79 Å². The van der Waals surface area contributed by atoms with Crippen molar-refractivity contribution in [3.05, 3.63) is 41.5 Å². The summed E-state index contributed by atoms with van der Waals surface area (Å²) in [5, 5.41) is 0. The zero-order chi connectivity index (χ0) is 15.8. The first kappa shape index (κ1) is 13.8. The van der Waals surface area contributed by atoms with Crippen molar-refractivity contribution in [3.8, 4) is 28.7 Å². The van der Waals surface area contributed by atoms with E-state index in [2.05, 4.69) is 0 Å². The summed E-state index contributed by atoms with van der Waals surface area (Å²) in [5.41, 5.74) is 1.36. The predicted molar refractivity (Wildman–Crippen MR) is 79.8 cm³/mol. The summed E-state index contributed by atoms with van der Waals surface area (Å²) in [6.45, 7) is 0.576. The summed E-state index contributed by atoms with van der Waals surface area (Å²) in [4.78, 5) is 11.1. The molecular weight excluding hydrogens is 300 g/mol. The van der Waals surface area contributed by atoms with E-state index in [1.54, 1.807) is 12.1 Å². The minimum atomic E-state index is -0.274. The number of carbonyl (C=O) groups is 1. The molecule has 2 aromatic carbocycles. The Balaban J connectivity index is 1.64. The van der Waals surface area contributed by atoms with Crippen molar-refractivity contribution in [3.63, 3.8) is 0 Å². The fraction of sp³-hybridized carbons (Fsp3) is 0.235. The summed E-state index contributed by atoms with van der Waals surface area (Å²) in [6, 6.07) is 8.95. The molecule has 0 aliphatic carbocycles. The number of fused-ring (bicyclic) bond motifs is 2. The van der Waals surface area contributed by atoms with Crippen LogP contribution in [0.4, 0.5) is 0 Å². The lowest BCUT2D eigenvalue weighted by molar-refractivity contribution is 0.0903. The quantitative estimate of drug-likeness (QED) is 0.812. The molecule has 2 aromatic rings. The fourth-order valence-corrected chi connectivity index (χ4v) is 2.66. The largest absolute Gasteiger partial charge is 0.496 e. The van der Waals surface area contributed by atoms with Gasteiger partial charge < -0.3 is 23.7 Å². The molecule has 0 bridgehead atoms. The summed E-state index contributed by atoms with van der Waals surface area (Å²) in [5.74, 6) is 2.95. The monoisotopic (exact) mass is 314 g/mol. The summed E-state index contributed by atoms with van der Waals surface area (Å²) in [7, 11) is 1.51. The van der Waals surface area contributed by atoms with Crippen LogP contribution in [0.5, 0.6) is 28.7 Å². The minimum Gasteiger partial charge on any atom is -0.496 e. The van der Waals surface area contributed by atoms with Gasteiger partial charge in [0.15, 0.2) is 35.4 Å². The molecule has 0 unspecified atom stereocenters. The number of hydrogen-bond acceptors (Lipinski definition) is 6. The van der Waals surface area contributed by atoms with Gasteiger partial charge in [0.1, 0.15) is 12.4 Å². The Kier molecular flexibility index (Phi) is 3.22. The van der Waals surface area contributed by atoms with Crippen molar-refractivity contribution >= 4 is 6.29 Å². The lowest BCUT2D eigenvalue weighted by Gasteiger charge is -2.27. The highest BCUT2D eigenvalue weighted by atomic mass is 16.7. The standard InChI is InChI=1S/C17H14O6/c1-19-13-6-16-15(5-11(13)7-18)20-8-17(23-16)10-2-3-12-14(4-10)22-9-21-12/h2-7,17H,8-9H2,1H3/t17-/m1/s1. The molecule has 0 radical (unpaired) electrons. The molecule has 23 heavy (non-hydrogen) atoms. The smallest absolute Gasteiger partial charge is 0.231 e. The Bertz CT molecular complexity index is 770. The van der Waals surface area contributed by atoms with Crippen LogP contribution in [0.15, 0.2) is 30.3 Å². The fourth-order valence-electron chi connectivity index (χ4n) is 2.66. The first-order chi connectivity index (χ1) is 11.3. The molecule has 0 saturated heterocycles. The molecule has 0 N–H and O–H groups in total. The summed E-state index contributed by atoms with van der Waals surface area (Å²) >= 11 is 0. The molecular formula is C17H14O6. The van der Waals surface area contributed by atoms with Gasteiger partial charge >= 0.3 is 0 Å². The second kappa shape index (κ2) is 5.39. The number of ether oxygens (including phenoxy) is 5. The van der Waals surface area contributed by atoms with Gasteiger partial charge in [-0.05, 0) is 23.8 Å².